The zero-order valence-corrected chi connectivity index (χ0v) is 13.8. The van der Waals surface area contributed by atoms with Gasteiger partial charge in [0, 0.05) is 6.54 Å². The molecule has 0 rings (SSSR count). The Morgan fingerprint density at radius 3 is 1.70 bits per heavy atom. The Balaban J connectivity index is 3.27. The van der Waals surface area contributed by atoms with Crippen LogP contribution >= 0.6 is 0 Å². The number of aliphatic hydroxyl groups is 1. The number of hydrogen-bond donors (Lipinski definition) is 2. The van der Waals surface area contributed by atoms with Gasteiger partial charge in [-0.2, -0.15) is 0 Å². The van der Waals surface area contributed by atoms with Crippen LogP contribution in [0.25, 0.3) is 0 Å². The first-order valence-electron chi connectivity index (χ1n) is 8.88. The van der Waals surface area contributed by atoms with Gasteiger partial charge >= 0.3 is 0 Å². The molecule has 20 heavy (non-hydrogen) atoms. The highest BCUT2D eigenvalue weighted by atomic mass is 16.3. The van der Waals surface area contributed by atoms with E-state index in [1.807, 2.05) is 0 Å². The van der Waals surface area contributed by atoms with Crippen LogP contribution in [0, 0.1) is 0 Å². The molecule has 0 heterocycles. The monoisotopic (exact) mass is 286 g/mol. The van der Waals surface area contributed by atoms with Gasteiger partial charge in [-0.15, -0.1) is 0 Å². The van der Waals surface area contributed by atoms with Gasteiger partial charge in [-0.05, 0) is 32.5 Å². The Morgan fingerprint density at radius 2 is 1.20 bits per heavy atom. The third-order valence-electron chi connectivity index (χ3n) is 3.92. The predicted octanol–water partition coefficient (Wildman–Crippen LogP) is 3.55. The minimum atomic E-state index is 0.266. The quantitative estimate of drug-likeness (QED) is 0.427. The zero-order valence-electron chi connectivity index (χ0n) is 13.8. The Labute approximate surface area is 126 Å². The van der Waals surface area contributed by atoms with Crippen molar-refractivity contribution in [1.29, 1.82) is 0 Å². The molecule has 3 heteroatoms. The predicted molar refractivity (Wildman–Crippen MR) is 89.0 cm³/mol. The molecule has 0 aliphatic carbocycles. The lowest BCUT2D eigenvalue weighted by atomic mass is 10.1. The highest BCUT2D eigenvalue weighted by Gasteiger charge is 2.02. The first-order valence-corrected chi connectivity index (χ1v) is 8.88. The summed E-state index contributed by atoms with van der Waals surface area (Å²) in [6, 6.07) is 0. The number of aliphatic hydroxyl groups excluding tert-OH is 1. The molecule has 0 atom stereocenters. The lowest BCUT2D eigenvalue weighted by Crippen LogP contribution is -2.30. The van der Waals surface area contributed by atoms with Gasteiger partial charge in [-0.25, -0.2) is 0 Å². The van der Waals surface area contributed by atoms with Crippen molar-refractivity contribution in [3.63, 3.8) is 0 Å². The fourth-order valence-electron chi connectivity index (χ4n) is 2.61. The molecule has 0 unspecified atom stereocenters. The van der Waals surface area contributed by atoms with Gasteiger partial charge in [-0.1, -0.05) is 64.7 Å². The van der Waals surface area contributed by atoms with E-state index in [1.54, 1.807) is 0 Å². The minimum absolute atomic E-state index is 0.266. The van der Waals surface area contributed by atoms with Crippen LogP contribution in [0.2, 0.25) is 0 Å². The normalized spacial score (nSPS) is 11.4. The lowest BCUT2D eigenvalue weighted by molar-refractivity contribution is 0.192. The van der Waals surface area contributed by atoms with Crippen LogP contribution < -0.4 is 5.73 Å². The molecular formula is C17H38N2O. The summed E-state index contributed by atoms with van der Waals surface area (Å²) in [5, 5.41) is 9.02. The Hall–Kier alpha value is -0.120. The van der Waals surface area contributed by atoms with Crippen molar-refractivity contribution in [2.45, 2.75) is 77.6 Å². The van der Waals surface area contributed by atoms with Gasteiger partial charge in [0.2, 0.25) is 0 Å². The Bertz CT molecular complexity index is 176. The molecule has 0 bridgehead atoms. The van der Waals surface area contributed by atoms with E-state index in [1.165, 1.54) is 64.2 Å². The third-order valence-corrected chi connectivity index (χ3v) is 3.92. The van der Waals surface area contributed by atoms with Gasteiger partial charge in [0.25, 0.3) is 0 Å². The molecule has 0 aliphatic heterocycles. The van der Waals surface area contributed by atoms with Crippen molar-refractivity contribution >= 4 is 0 Å². The molecule has 0 radical (unpaired) electrons. The third kappa shape index (κ3) is 14.3. The maximum Gasteiger partial charge on any atom is 0.0558 e. The fraction of sp³-hybridized carbons (Fsp3) is 1.00. The van der Waals surface area contributed by atoms with Crippen LogP contribution in [0.15, 0.2) is 0 Å². The second-order valence-electron chi connectivity index (χ2n) is 5.89. The molecule has 0 saturated heterocycles. The number of nitrogens with two attached hydrogens (primary N) is 1. The van der Waals surface area contributed by atoms with E-state index in [9.17, 15) is 0 Å². The molecule has 122 valence electrons. The van der Waals surface area contributed by atoms with Crippen molar-refractivity contribution in [2.24, 2.45) is 5.73 Å². The van der Waals surface area contributed by atoms with E-state index in [4.69, 9.17) is 10.8 Å². The van der Waals surface area contributed by atoms with E-state index < -0.39 is 0 Å². The van der Waals surface area contributed by atoms with Crippen molar-refractivity contribution < 1.29 is 5.11 Å². The van der Waals surface area contributed by atoms with Crippen LogP contribution in [0.5, 0.6) is 0 Å². The van der Waals surface area contributed by atoms with Crippen molar-refractivity contribution in [3.05, 3.63) is 0 Å². The second kappa shape index (κ2) is 16.9. The summed E-state index contributed by atoms with van der Waals surface area (Å²) >= 11 is 0. The second-order valence-corrected chi connectivity index (χ2v) is 5.89. The van der Waals surface area contributed by atoms with E-state index in [0.717, 1.165) is 32.6 Å². The van der Waals surface area contributed by atoms with E-state index in [2.05, 4.69) is 11.8 Å². The SMILES string of the molecule is CCCCCCCCCCCCN(CCO)CCCN. The fourth-order valence-corrected chi connectivity index (χ4v) is 2.61. The van der Waals surface area contributed by atoms with Crippen LogP contribution in [0.4, 0.5) is 0 Å². The highest BCUT2D eigenvalue weighted by molar-refractivity contribution is 4.58. The summed E-state index contributed by atoms with van der Waals surface area (Å²) in [6.45, 7) is 6.25. The smallest absolute Gasteiger partial charge is 0.0558 e. The number of nitrogens with zero attached hydrogens (tertiary/aromatic N) is 1. The van der Waals surface area contributed by atoms with Gasteiger partial charge < -0.3 is 15.7 Å². The molecule has 0 aliphatic rings. The highest BCUT2D eigenvalue weighted by Crippen LogP contribution is 2.10. The number of hydrogen-bond acceptors (Lipinski definition) is 3. The molecule has 0 saturated carbocycles. The van der Waals surface area contributed by atoms with Gasteiger partial charge in [0.1, 0.15) is 0 Å². The molecule has 0 aromatic rings. The molecule has 3 N–H and O–H groups in total. The van der Waals surface area contributed by atoms with Crippen molar-refractivity contribution in [2.75, 3.05) is 32.8 Å². The first kappa shape index (κ1) is 19.9. The summed E-state index contributed by atoms with van der Waals surface area (Å²) in [6.07, 6.45) is 14.8. The Morgan fingerprint density at radius 1 is 0.700 bits per heavy atom. The maximum absolute atomic E-state index is 9.02. The summed E-state index contributed by atoms with van der Waals surface area (Å²) in [5.41, 5.74) is 5.54. The largest absolute Gasteiger partial charge is 0.395 e. The topological polar surface area (TPSA) is 49.5 Å². The van der Waals surface area contributed by atoms with Crippen LogP contribution in [-0.2, 0) is 0 Å². The standard InChI is InChI=1S/C17H38N2O/c1-2-3-4-5-6-7-8-9-10-11-14-19(16-17-20)15-12-13-18/h20H,2-18H2,1H3. The summed E-state index contributed by atoms with van der Waals surface area (Å²) in [5.74, 6) is 0. The summed E-state index contributed by atoms with van der Waals surface area (Å²) in [4.78, 5) is 2.34. The van der Waals surface area contributed by atoms with Crippen molar-refractivity contribution in [3.8, 4) is 0 Å². The molecule has 3 nitrogen and oxygen atoms in total. The lowest BCUT2D eigenvalue weighted by Gasteiger charge is -2.20. The molecular weight excluding hydrogens is 248 g/mol. The van der Waals surface area contributed by atoms with E-state index in [0.29, 0.717) is 0 Å². The minimum Gasteiger partial charge on any atom is -0.395 e. The molecule has 0 fully saturated rings. The van der Waals surface area contributed by atoms with Crippen molar-refractivity contribution in [1.82, 2.24) is 4.90 Å². The average molecular weight is 287 g/mol. The van der Waals surface area contributed by atoms with Gasteiger partial charge in [0.15, 0.2) is 0 Å². The molecule has 0 spiro atoms. The summed E-state index contributed by atoms with van der Waals surface area (Å²) < 4.78 is 0. The average Bonchev–Trinajstić information content (AvgIpc) is 2.46. The van der Waals surface area contributed by atoms with Crippen LogP contribution in [0.3, 0.4) is 0 Å². The first-order chi connectivity index (χ1) is 9.85. The van der Waals surface area contributed by atoms with Crippen LogP contribution in [0.1, 0.15) is 77.6 Å². The summed E-state index contributed by atoms with van der Waals surface area (Å²) in [7, 11) is 0. The zero-order chi connectivity index (χ0) is 14.9. The molecule has 0 aromatic carbocycles. The van der Waals surface area contributed by atoms with Gasteiger partial charge in [-0.3, -0.25) is 0 Å². The number of rotatable bonds is 16. The molecule has 0 amide bonds. The Kier molecular flexibility index (Phi) is 16.8. The van der Waals surface area contributed by atoms with E-state index >= 15 is 0 Å². The molecule has 0 aromatic heterocycles. The van der Waals surface area contributed by atoms with Crippen LogP contribution in [-0.4, -0.2) is 42.8 Å². The maximum atomic E-state index is 9.02. The number of unbranched alkanes of at least 4 members (excludes halogenated alkanes) is 9. The van der Waals surface area contributed by atoms with E-state index in [-0.39, 0.29) is 6.61 Å². The van der Waals surface area contributed by atoms with Gasteiger partial charge in [0.05, 0.1) is 6.61 Å².